The van der Waals surface area contributed by atoms with Crippen LogP contribution in [0.3, 0.4) is 0 Å². The van der Waals surface area contributed by atoms with E-state index in [1.165, 1.54) is 0 Å². The van der Waals surface area contributed by atoms with Crippen molar-refractivity contribution in [3.8, 4) is 0 Å². The van der Waals surface area contributed by atoms with E-state index in [1.54, 1.807) is 0 Å². The predicted octanol–water partition coefficient (Wildman–Crippen LogP) is 1.62. The quantitative estimate of drug-likeness (QED) is 0.500. The second kappa shape index (κ2) is 9.30. The van der Waals surface area contributed by atoms with E-state index in [9.17, 15) is 0 Å². The van der Waals surface area contributed by atoms with Gasteiger partial charge in [-0.05, 0) is 0 Å². The molecule has 0 amide bonds. The molecule has 12 heavy (non-hydrogen) atoms. The van der Waals surface area contributed by atoms with Gasteiger partial charge in [-0.15, -0.1) is 0 Å². The molecule has 1 radical (unpaired) electrons. The second-order valence-electron chi connectivity index (χ2n) is 3.96. The van der Waals surface area contributed by atoms with Crippen molar-refractivity contribution in [1.82, 2.24) is 0 Å². The topological polar surface area (TPSA) is 0 Å². The maximum atomic E-state index is 2.58. The Labute approximate surface area is 104 Å². The summed E-state index contributed by atoms with van der Waals surface area (Å²) in [5.41, 5.74) is 0. The van der Waals surface area contributed by atoms with Crippen LogP contribution in [0.5, 0.6) is 0 Å². The van der Waals surface area contributed by atoms with Gasteiger partial charge in [-0.3, -0.25) is 0 Å². The monoisotopic (exact) mass is 400 g/mol. The fourth-order valence-corrected chi connectivity index (χ4v) is 54.0. The molecule has 73 valence electrons. The molecule has 0 aliphatic rings. The molecule has 0 unspecified atom stereocenters. The van der Waals surface area contributed by atoms with Crippen LogP contribution >= 0.6 is 0 Å². The van der Waals surface area contributed by atoms with Crippen LogP contribution in [0.2, 0.25) is 39.3 Å². The molecule has 0 aromatic carbocycles. The number of rotatable bonds is 3. The summed E-state index contributed by atoms with van der Waals surface area (Å²) in [6, 6.07) is 0. The molecule has 0 fully saturated rings. The van der Waals surface area contributed by atoms with Crippen molar-refractivity contribution < 1.29 is 25.8 Å². The molecule has 5 heteroatoms. The summed E-state index contributed by atoms with van der Waals surface area (Å²) in [5, 5.41) is 0. The summed E-state index contributed by atoms with van der Waals surface area (Å²) in [6.45, 7) is 15.5. The van der Waals surface area contributed by atoms with E-state index < -0.39 is 0 Å². The van der Waals surface area contributed by atoms with E-state index in [4.69, 9.17) is 0 Å². The van der Waals surface area contributed by atoms with Gasteiger partial charge < -0.3 is 7.43 Å². The first-order chi connectivity index (χ1) is 4.46. The van der Waals surface area contributed by atoms with Gasteiger partial charge in [-0.25, -0.2) is 0 Å². The summed E-state index contributed by atoms with van der Waals surface area (Å²) in [5.74, 6) is 0. The zero-order chi connectivity index (χ0) is 8.31. The van der Waals surface area contributed by atoms with Crippen LogP contribution in [0, 0.1) is 7.43 Å². The molecule has 0 spiro atoms. The number of hydrogen-bond donors (Lipinski definition) is 0. The number of hydrogen-bond acceptors (Lipinski definition) is 0. The van der Waals surface area contributed by atoms with Crippen LogP contribution in [0.1, 0.15) is 0 Å². The third kappa shape index (κ3) is 7.17. The fourth-order valence-electron chi connectivity index (χ4n) is 2.00. The zero-order valence-electron chi connectivity index (χ0n) is 9.73. The van der Waals surface area contributed by atoms with Crippen LogP contribution in [-0.4, -0.2) is 32.3 Å². The van der Waals surface area contributed by atoms with Gasteiger partial charge in [0.1, 0.15) is 0 Å². The van der Waals surface area contributed by atoms with E-state index in [2.05, 4.69) is 39.3 Å². The fraction of sp³-hybridized carbons (Fsp3) is 0.857. The Hall–Kier alpha value is 1.74. The van der Waals surface area contributed by atoms with Crippen LogP contribution in [0.4, 0.5) is 0 Å². The van der Waals surface area contributed by atoms with Gasteiger partial charge >= 0.3 is 0 Å². The molecule has 0 rings (SSSR count). The van der Waals surface area contributed by atoms with Gasteiger partial charge in [0.25, 0.3) is 0 Å². The van der Waals surface area contributed by atoms with Crippen molar-refractivity contribution in [2.45, 2.75) is 39.3 Å². The normalized spacial score (nSPS) is 10.5. The van der Waals surface area contributed by atoms with Gasteiger partial charge in [-0.1, -0.05) is 39.3 Å². The molecule has 0 saturated carbocycles. The molecule has 0 nitrogen and oxygen atoms in total. The molecule has 0 N–H and O–H groups in total. The molecule has 0 aromatic rings. The summed E-state index contributed by atoms with van der Waals surface area (Å²) in [6.07, 6.45) is 0. The van der Waals surface area contributed by atoms with E-state index in [1.807, 2.05) is 0 Å². The van der Waals surface area contributed by atoms with E-state index in [0.717, 1.165) is 0 Å². The molecular weight excluding hydrogens is 375 g/mol. The first-order valence-electron chi connectivity index (χ1n) is 4.33. The Morgan fingerprint density at radius 3 is 0.833 bits per heavy atom. The largest absolute Gasteiger partial charge is 0.358 e. The first kappa shape index (κ1) is 19.3. The first-order valence-corrected chi connectivity index (χ1v) is 18.2. The third-order valence-corrected chi connectivity index (χ3v) is 54.0. The Morgan fingerprint density at radius 1 is 0.667 bits per heavy atom. The minimum Gasteiger partial charge on any atom is -0.358 e. The van der Waals surface area contributed by atoms with Crippen molar-refractivity contribution in [2.24, 2.45) is 0 Å². The smallest absolute Gasteiger partial charge is 0.0169 e. The summed E-state index contributed by atoms with van der Waals surface area (Å²) in [4.78, 5) is 0. The van der Waals surface area contributed by atoms with Crippen LogP contribution in [0.25, 0.3) is 0 Å². The SMILES string of the molecule is C[SiH](C)[Si]([SiH](C)C)[SiH](C)C.[CH3-].[Hf]. The standard InChI is InChI=1S/C6H21Si4.CH3.Hf/c1-7(2)10(8(3)4)9(5)6;;/h7-9H,1-6H3;1H3;/q;-1;. The van der Waals surface area contributed by atoms with Gasteiger partial charge in [0.05, 0.1) is 0 Å². The van der Waals surface area contributed by atoms with Gasteiger partial charge in [0.2, 0.25) is 0 Å². The predicted molar refractivity (Wildman–Crippen MR) is 68.8 cm³/mol. The Kier molecular flexibility index (Phi) is 15.0. The second-order valence-corrected chi connectivity index (χ2v) is 34.3. The molecule has 0 aliphatic carbocycles. The summed E-state index contributed by atoms with van der Waals surface area (Å²) in [7, 11) is -0.207. The minimum atomic E-state index is -0.176. The molecule has 0 bridgehead atoms. The van der Waals surface area contributed by atoms with Gasteiger partial charge in [0.15, 0.2) is 0 Å². The van der Waals surface area contributed by atoms with Crippen molar-refractivity contribution in [3.63, 3.8) is 0 Å². The average Bonchev–Trinajstić information content (AvgIpc) is 1.59. The summed E-state index contributed by atoms with van der Waals surface area (Å²) >= 11 is 0. The minimum absolute atomic E-state index is 0. The van der Waals surface area contributed by atoms with E-state index in [-0.39, 0.29) is 58.2 Å². The maximum Gasteiger partial charge on any atom is 0.0169 e. The van der Waals surface area contributed by atoms with Crippen molar-refractivity contribution in [3.05, 3.63) is 7.43 Å². The van der Waals surface area contributed by atoms with Crippen LogP contribution in [-0.2, 0) is 25.8 Å². The maximum absolute atomic E-state index is 2.58. The van der Waals surface area contributed by atoms with Gasteiger partial charge in [0, 0.05) is 58.1 Å². The van der Waals surface area contributed by atoms with E-state index >= 15 is 0 Å². The van der Waals surface area contributed by atoms with Crippen molar-refractivity contribution >= 4 is 32.3 Å². The Balaban J connectivity index is -0.000000405. The molecule has 0 heterocycles. The molecule has 0 saturated heterocycles. The third-order valence-electron chi connectivity index (χ3n) is 2.00. The van der Waals surface area contributed by atoms with Gasteiger partial charge in [-0.2, -0.15) is 0 Å². The molecule has 0 aliphatic heterocycles. The summed E-state index contributed by atoms with van der Waals surface area (Å²) < 4.78 is 0. The van der Waals surface area contributed by atoms with Crippen LogP contribution < -0.4 is 0 Å². The van der Waals surface area contributed by atoms with Crippen LogP contribution in [0.15, 0.2) is 0 Å². The Bertz CT molecular complexity index is 76.4. The Morgan fingerprint density at radius 2 is 0.833 bits per heavy atom. The molecular formula is C7H24HfSi4-. The average molecular weight is 399 g/mol. The van der Waals surface area contributed by atoms with Crippen molar-refractivity contribution in [1.29, 1.82) is 0 Å². The molecule has 0 atom stereocenters. The van der Waals surface area contributed by atoms with E-state index in [0.29, 0.717) is 7.35 Å². The van der Waals surface area contributed by atoms with Crippen molar-refractivity contribution in [2.75, 3.05) is 0 Å². The molecule has 0 aromatic heterocycles. The zero-order valence-corrected chi connectivity index (χ0v) is 17.8.